The predicted molar refractivity (Wildman–Crippen MR) is 66.0 cm³/mol. The largest absolute Gasteiger partial charge is 0.290 e. The second-order valence-corrected chi connectivity index (χ2v) is 4.62. The number of carbonyl (C=O) groups excluding carboxylic acids is 2. The van der Waals surface area contributed by atoms with Crippen LogP contribution in [-0.2, 0) is 10.1 Å². The summed E-state index contributed by atoms with van der Waals surface area (Å²) in [6.07, 6.45) is 1.61. The van der Waals surface area contributed by atoms with Crippen LogP contribution in [0, 0.1) is 0 Å². The van der Waals surface area contributed by atoms with Crippen molar-refractivity contribution < 1.29 is 9.59 Å². The number of halogens is 1. The van der Waals surface area contributed by atoms with E-state index in [1.165, 1.54) is 0 Å². The number of aromatic nitrogens is 1. The molecule has 16 heavy (non-hydrogen) atoms. The zero-order chi connectivity index (χ0) is 11.5. The van der Waals surface area contributed by atoms with Gasteiger partial charge >= 0.3 is 0 Å². The molecule has 0 bridgehead atoms. The molecule has 0 atom stereocenters. The number of thioether (sulfide) groups is 1. The van der Waals surface area contributed by atoms with Crippen LogP contribution in [0.25, 0.3) is 6.08 Å². The molecule has 0 radical (unpaired) electrons. The van der Waals surface area contributed by atoms with Crippen LogP contribution in [0.2, 0.25) is 0 Å². The van der Waals surface area contributed by atoms with Gasteiger partial charge in [-0.1, -0.05) is 22.0 Å². The zero-order valence-electron chi connectivity index (χ0n) is 8.07. The van der Waals surface area contributed by atoms with Crippen molar-refractivity contribution in [2.24, 2.45) is 0 Å². The van der Waals surface area contributed by atoms with Crippen molar-refractivity contribution >= 4 is 44.9 Å². The Morgan fingerprint density at radius 2 is 2.25 bits per heavy atom. The van der Waals surface area contributed by atoms with Crippen molar-refractivity contribution in [2.45, 2.75) is 5.33 Å². The summed E-state index contributed by atoms with van der Waals surface area (Å²) in [5.74, 6) is -0.360. The van der Waals surface area contributed by atoms with Gasteiger partial charge in [0.2, 0.25) is 0 Å². The second kappa shape index (κ2) is 4.80. The van der Waals surface area contributed by atoms with Crippen LogP contribution in [0.15, 0.2) is 23.1 Å². The summed E-state index contributed by atoms with van der Waals surface area (Å²) in [7, 11) is 0. The first-order valence-electron chi connectivity index (χ1n) is 4.46. The summed E-state index contributed by atoms with van der Waals surface area (Å²) in [6, 6.07) is 5.52. The molecule has 2 amide bonds. The number of alkyl halides is 1. The van der Waals surface area contributed by atoms with Crippen molar-refractivity contribution in [1.29, 1.82) is 0 Å². The Hall–Kier alpha value is -1.14. The summed E-state index contributed by atoms with van der Waals surface area (Å²) in [6.45, 7) is 0. The SMILES string of the molecule is O=C1NC(=O)C(=Cc2cccc(CBr)n2)S1. The van der Waals surface area contributed by atoms with Gasteiger partial charge in [0.05, 0.1) is 16.3 Å². The van der Waals surface area contributed by atoms with E-state index in [9.17, 15) is 9.59 Å². The van der Waals surface area contributed by atoms with Crippen LogP contribution in [0.1, 0.15) is 11.4 Å². The molecule has 0 aliphatic carbocycles. The highest BCUT2D eigenvalue weighted by atomic mass is 79.9. The molecular formula is C10H7BrN2O2S. The van der Waals surface area contributed by atoms with Gasteiger partial charge in [0.1, 0.15) is 0 Å². The standard InChI is InChI=1S/C10H7BrN2O2S/c11-5-7-3-1-2-6(12-7)4-8-9(14)13-10(15)16-8/h1-4H,5H2,(H,13,14,15). The molecule has 0 aromatic carbocycles. The fraction of sp³-hybridized carbons (Fsp3) is 0.100. The number of nitrogens with one attached hydrogen (secondary N) is 1. The molecule has 4 nitrogen and oxygen atoms in total. The Morgan fingerprint density at radius 1 is 1.44 bits per heavy atom. The molecule has 6 heteroatoms. The van der Waals surface area contributed by atoms with Gasteiger partial charge in [-0.15, -0.1) is 0 Å². The quantitative estimate of drug-likeness (QED) is 0.672. The van der Waals surface area contributed by atoms with Crippen LogP contribution in [0.5, 0.6) is 0 Å². The highest BCUT2D eigenvalue weighted by Gasteiger charge is 2.24. The molecule has 1 aromatic rings. The second-order valence-electron chi connectivity index (χ2n) is 3.04. The first kappa shape index (κ1) is 11.3. The number of amides is 2. The molecule has 0 saturated carbocycles. The summed E-state index contributed by atoms with van der Waals surface area (Å²) in [4.78, 5) is 26.9. The van der Waals surface area contributed by atoms with E-state index in [0.717, 1.165) is 17.5 Å². The first-order chi connectivity index (χ1) is 7.69. The summed E-state index contributed by atoms with van der Waals surface area (Å²) >= 11 is 4.20. The minimum absolute atomic E-state index is 0.340. The van der Waals surface area contributed by atoms with E-state index in [1.54, 1.807) is 12.1 Å². The number of pyridine rings is 1. The van der Waals surface area contributed by atoms with E-state index in [0.29, 0.717) is 15.9 Å². The lowest BCUT2D eigenvalue weighted by Crippen LogP contribution is -2.17. The highest BCUT2D eigenvalue weighted by molar-refractivity contribution is 9.08. The van der Waals surface area contributed by atoms with Crippen molar-refractivity contribution in [1.82, 2.24) is 10.3 Å². The van der Waals surface area contributed by atoms with Gasteiger partial charge in [-0.2, -0.15) is 0 Å². The number of nitrogens with zero attached hydrogens (tertiary/aromatic N) is 1. The molecule has 2 rings (SSSR count). The maximum absolute atomic E-state index is 11.3. The Kier molecular flexibility index (Phi) is 3.40. The Labute approximate surface area is 105 Å². The van der Waals surface area contributed by atoms with Crippen LogP contribution in [0.3, 0.4) is 0 Å². The highest BCUT2D eigenvalue weighted by Crippen LogP contribution is 2.24. The van der Waals surface area contributed by atoms with Gasteiger partial charge in [0.15, 0.2) is 0 Å². The Balaban J connectivity index is 2.28. The molecule has 1 aliphatic heterocycles. The van der Waals surface area contributed by atoms with Crippen molar-refractivity contribution in [3.05, 3.63) is 34.5 Å². The van der Waals surface area contributed by atoms with Crippen molar-refractivity contribution in [3.8, 4) is 0 Å². The maximum Gasteiger partial charge on any atom is 0.290 e. The molecule has 0 unspecified atom stereocenters. The van der Waals surface area contributed by atoms with Gasteiger partial charge in [-0.25, -0.2) is 0 Å². The Morgan fingerprint density at radius 3 is 2.88 bits per heavy atom. The van der Waals surface area contributed by atoms with E-state index in [4.69, 9.17) is 0 Å². The molecule has 1 fully saturated rings. The van der Waals surface area contributed by atoms with Crippen molar-refractivity contribution in [3.63, 3.8) is 0 Å². The van der Waals surface area contributed by atoms with Crippen LogP contribution in [-0.4, -0.2) is 16.1 Å². The van der Waals surface area contributed by atoms with Gasteiger partial charge in [-0.05, 0) is 30.0 Å². The molecule has 1 saturated heterocycles. The fourth-order valence-corrected chi connectivity index (χ4v) is 2.19. The number of rotatable bonds is 2. The average Bonchev–Trinajstić information content (AvgIpc) is 2.58. The zero-order valence-corrected chi connectivity index (χ0v) is 10.5. The smallest absolute Gasteiger partial charge is 0.282 e. The number of hydrogen-bond acceptors (Lipinski definition) is 4. The molecule has 1 aliphatic rings. The molecule has 0 spiro atoms. The van der Waals surface area contributed by atoms with Crippen LogP contribution in [0.4, 0.5) is 4.79 Å². The number of carbonyl (C=O) groups is 2. The summed E-state index contributed by atoms with van der Waals surface area (Å²) in [5, 5.41) is 2.51. The van der Waals surface area contributed by atoms with Crippen LogP contribution >= 0.6 is 27.7 Å². The number of hydrogen-bond donors (Lipinski definition) is 1. The van der Waals surface area contributed by atoms with Gasteiger partial charge in [0, 0.05) is 5.33 Å². The van der Waals surface area contributed by atoms with Gasteiger partial charge in [0.25, 0.3) is 11.1 Å². The van der Waals surface area contributed by atoms with E-state index in [2.05, 4.69) is 26.2 Å². The normalized spacial score (nSPS) is 17.9. The lowest BCUT2D eigenvalue weighted by Gasteiger charge is -1.97. The van der Waals surface area contributed by atoms with E-state index >= 15 is 0 Å². The lowest BCUT2D eigenvalue weighted by atomic mass is 10.3. The van der Waals surface area contributed by atoms with E-state index in [1.807, 2.05) is 12.1 Å². The topological polar surface area (TPSA) is 59.1 Å². The fourth-order valence-electron chi connectivity index (χ4n) is 1.21. The third-order valence-corrected chi connectivity index (χ3v) is 3.27. The van der Waals surface area contributed by atoms with Gasteiger partial charge < -0.3 is 0 Å². The first-order valence-corrected chi connectivity index (χ1v) is 6.39. The monoisotopic (exact) mass is 298 g/mol. The summed E-state index contributed by atoms with van der Waals surface area (Å²) < 4.78 is 0. The minimum atomic E-state index is -0.360. The van der Waals surface area contributed by atoms with E-state index < -0.39 is 0 Å². The third kappa shape index (κ3) is 2.51. The van der Waals surface area contributed by atoms with Crippen molar-refractivity contribution in [2.75, 3.05) is 0 Å². The minimum Gasteiger partial charge on any atom is -0.282 e. The summed E-state index contributed by atoms with van der Waals surface area (Å²) in [5.41, 5.74) is 1.55. The lowest BCUT2D eigenvalue weighted by molar-refractivity contribution is -0.115. The Bertz CT molecular complexity index is 487. The average molecular weight is 299 g/mol. The molecule has 82 valence electrons. The molecule has 1 N–H and O–H groups in total. The number of imide groups is 1. The third-order valence-electron chi connectivity index (χ3n) is 1.89. The molecule has 1 aromatic heterocycles. The maximum atomic E-state index is 11.3. The molecule has 2 heterocycles. The van der Waals surface area contributed by atoms with E-state index in [-0.39, 0.29) is 11.1 Å². The van der Waals surface area contributed by atoms with Crippen LogP contribution < -0.4 is 5.32 Å². The molecular weight excluding hydrogens is 292 g/mol. The van der Waals surface area contributed by atoms with Gasteiger partial charge in [-0.3, -0.25) is 19.9 Å². The predicted octanol–water partition coefficient (Wildman–Crippen LogP) is 2.30.